The molecule has 0 spiro atoms. The molecule has 1 saturated carbocycles. The van der Waals surface area contributed by atoms with E-state index in [4.69, 9.17) is 4.42 Å². The number of carbonyl (C=O) groups is 1. The van der Waals surface area contributed by atoms with Crippen molar-refractivity contribution in [3.63, 3.8) is 0 Å². The third-order valence-corrected chi connectivity index (χ3v) is 5.98. The number of amides is 1. The van der Waals surface area contributed by atoms with Crippen LogP contribution in [0.4, 0.5) is 4.39 Å². The first kappa shape index (κ1) is 17.9. The smallest absolute Gasteiger partial charge is 0.226 e. The van der Waals surface area contributed by atoms with Crippen LogP contribution in [-0.2, 0) is 16.8 Å². The molecule has 1 aliphatic rings. The number of rotatable bonds is 5. The highest BCUT2D eigenvalue weighted by atomic mass is 32.1. The van der Waals surface area contributed by atoms with Gasteiger partial charge in [0.25, 0.3) is 0 Å². The average molecular weight is 384 g/mol. The summed E-state index contributed by atoms with van der Waals surface area (Å²) in [7, 11) is 0. The fourth-order valence-electron chi connectivity index (χ4n) is 3.76. The lowest BCUT2D eigenvalue weighted by atomic mass is 9.88. The van der Waals surface area contributed by atoms with Crippen molar-refractivity contribution in [2.75, 3.05) is 0 Å². The van der Waals surface area contributed by atoms with Crippen LogP contribution in [0.2, 0.25) is 0 Å². The summed E-state index contributed by atoms with van der Waals surface area (Å²) in [4.78, 5) is 17.2. The zero-order valence-electron chi connectivity index (χ0n) is 15.1. The summed E-state index contributed by atoms with van der Waals surface area (Å²) in [6, 6.07) is 10.3. The number of aromatic nitrogens is 1. The van der Waals surface area contributed by atoms with Crippen molar-refractivity contribution < 1.29 is 13.6 Å². The van der Waals surface area contributed by atoms with Gasteiger partial charge in [0, 0.05) is 5.38 Å². The van der Waals surface area contributed by atoms with E-state index in [9.17, 15) is 9.18 Å². The minimum Gasteiger partial charge on any atom is -0.459 e. The molecule has 1 amide bonds. The van der Waals surface area contributed by atoms with E-state index in [2.05, 4.69) is 10.3 Å². The SMILES string of the molecule is Cc1ccc(-c2nc(CC(=O)NC3(c4ccc(F)cc4)CCCC3)cs2)o1. The molecule has 2 aromatic heterocycles. The topological polar surface area (TPSA) is 55.1 Å². The lowest BCUT2D eigenvalue weighted by molar-refractivity contribution is -0.122. The largest absolute Gasteiger partial charge is 0.459 e. The quantitative estimate of drug-likeness (QED) is 0.675. The molecule has 1 aliphatic carbocycles. The van der Waals surface area contributed by atoms with Gasteiger partial charge in [0.1, 0.15) is 11.6 Å². The number of carbonyl (C=O) groups excluding carboxylic acids is 1. The molecule has 1 fully saturated rings. The minimum absolute atomic E-state index is 0.0614. The Labute approximate surface area is 161 Å². The van der Waals surface area contributed by atoms with E-state index in [1.807, 2.05) is 24.4 Å². The van der Waals surface area contributed by atoms with Gasteiger partial charge in [-0.3, -0.25) is 4.79 Å². The second-order valence-corrected chi connectivity index (χ2v) is 7.93. The van der Waals surface area contributed by atoms with Crippen LogP contribution in [0.15, 0.2) is 46.2 Å². The van der Waals surface area contributed by atoms with Crippen LogP contribution in [0.1, 0.15) is 42.7 Å². The van der Waals surface area contributed by atoms with E-state index >= 15 is 0 Å². The van der Waals surface area contributed by atoms with Gasteiger partial charge in [-0.1, -0.05) is 25.0 Å². The molecule has 1 N–H and O–H groups in total. The number of aryl methyl sites for hydroxylation is 1. The molecule has 3 aromatic rings. The Hall–Kier alpha value is -2.47. The second kappa shape index (κ2) is 7.27. The Balaban J connectivity index is 1.48. The molecule has 2 heterocycles. The van der Waals surface area contributed by atoms with Crippen molar-refractivity contribution in [1.82, 2.24) is 10.3 Å². The van der Waals surface area contributed by atoms with E-state index < -0.39 is 5.54 Å². The second-order valence-electron chi connectivity index (χ2n) is 7.08. The van der Waals surface area contributed by atoms with Crippen molar-refractivity contribution in [3.05, 3.63) is 64.6 Å². The van der Waals surface area contributed by atoms with Crippen LogP contribution in [0.3, 0.4) is 0 Å². The molecule has 0 aliphatic heterocycles. The maximum atomic E-state index is 13.3. The normalized spacial score (nSPS) is 15.8. The monoisotopic (exact) mass is 384 g/mol. The third-order valence-electron chi connectivity index (χ3n) is 5.08. The maximum Gasteiger partial charge on any atom is 0.226 e. The molecule has 0 radical (unpaired) electrons. The average Bonchev–Trinajstić information content (AvgIpc) is 3.37. The lowest BCUT2D eigenvalue weighted by Gasteiger charge is -2.31. The molecule has 140 valence electrons. The summed E-state index contributed by atoms with van der Waals surface area (Å²) in [5, 5.41) is 5.88. The fourth-order valence-corrected chi connectivity index (χ4v) is 4.54. The van der Waals surface area contributed by atoms with E-state index in [1.165, 1.54) is 23.5 Å². The molecule has 0 unspecified atom stereocenters. The highest BCUT2D eigenvalue weighted by molar-refractivity contribution is 7.13. The Morgan fingerprint density at radius 3 is 2.63 bits per heavy atom. The predicted molar refractivity (Wildman–Crippen MR) is 103 cm³/mol. The Bertz CT molecular complexity index is 939. The molecule has 27 heavy (non-hydrogen) atoms. The van der Waals surface area contributed by atoms with E-state index in [-0.39, 0.29) is 18.1 Å². The number of nitrogens with zero attached hydrogens (tertiary/aromatic N) is 1. The molecule has 0 saturated heterocycles. The highest BCUT2D eigenvalue weighted by Crippen LogP contribution is 2.39. The summed E-state index contributed by atoms with van der Waals surface area (Å²) < 4.78 is 18.9. The number of thiazole rings is 1. The number of halogens is 1. The van der Waals surface area contributed by atoms with Crippen molar-refractivity contribution >= 4 is 17.2 Å². The van der Waals surface area contributed by atoms with Crippen molar-refractivity contribution in [1.29, 1.82) is 0 Å². The van der Waals surface area contributed by atoms with Crippen LogP contribution in [0.5, 0.6) is 0 Å². The zero-order chi connectivity index (χ0) is 18.9. The van der Waals surface area contributed by atoms with Crippen LogP contribution in [-0.4, -0.2) is 10.9 Å². The fraction of sp³-hybridized carbons (Fsp3) is 0.333. The lowest BCUT2D eigenvalue weighted by Crippen LogP contribution is -2.44. The Kier molecular flexibility index (Phi) is 4.83. The highest BCUT2D eigenvalue weighted by Gasteiger charge is 2.37. The van der Waals surface area contributed by atoms with Gasteiger partial charge in [-0.15, -0.1) is 11.3 Å². The summed E-state index contributed by atoms with van der Waals surface area (Å²) in [6.07, 6.45) is 4.07. The number of furan rings is 1. The first-order chi connectivity index (χ1) is 13.0. The van der Waals surface area contributed by atoms with Crippen LogP contribution >= 0.6 is 11.3 Å². The number of hydrogen-bond donors (Lipinski definition) is 1. The van der Waals surface area contributed by atoms with Crippen LogP contribution in [0.25, 0.3) is 10.8 Å². The van der Waals surface area contributed by atoms with Crippen molar-refractivity contribution in [2.24, 2.45) is 0 Å². The number of hydrogen-bond acceptors (Lipinski definition) is 4. The zero-order valence-corrected chi connectivity index (χ0v) is 15.9. The molecule has 4 nitrogen and oxygen atoms in total. The van der Waals surface area contributed by atoms with Gasteiger partial charge in [0.05, 0.1) is 17.7 Å². The summed E-state index contributed by atoms with van der Waals surface area (Å²) in [5.74, 6) is 1.24. The predicted octanol–water partition coefficient (Wildman–Crippen LogP) is 4.98. The van der Waals surface area contributed by atoms with Gasteiger partial charge in [0.2, 0.25) is 5.91 Å². The molecule has 0 bridgehead atoms. The van der Waals surface area contributed by atoms with Crippen LogP contribution < -0.4 is 5.32 Å². The maximum absolute atomic E-state index is 13.3. The molecular formula is C21H21FN2O2S. The molecule has 4 rings (SSSR count). The van der Waals surface area contributed by atoms with E-state index in [1.54, 1.807) is 12.1 Å². The summed E-state index contributed by atoms with van der Waals surface area (Å²) >= 11 is 1.47. The van der Waals surface area contributed by atoms with Gasteiger partial charge in [-0.25, -0.2) is 9.37 Å². The van der Waals surface area contributed by atoms with Gasteiger partial charge in [-0.05, 0) is 49.6 Å². The van der Waals surface area contributed by atoms with Crippen LogP contribution in [0, 0.1) is 12.7 Å². The van der Waals surface area contributed by atoms with Gasteiger partial charge >= 0.3 is 0 Å². The first-order valence-corrected chi connectivity index (χ1v) is 10.0. The summed E-state index contributed by atoms with van der Waals surface area (Å²) in [6.45, 7) is 1.89. The molecular weight excluding hydrogens is 363 g/mol. The Morgan fingerprint density at radius 1 is 1.22 bits per heavy atom. The van der Waals surface area contributed by atoms with Gasteiger partial charge in [0.15, 0.2) is 10.8 Å². The summed E-state index contributed by atoms with van der Waals surface area (Å²) in [5.41, 5.74) is 1.30. The van der Waals surface area contributed by atoms with Gasteiger partial charge in [-0.2, -0.15) is 0 Å². The molecule has 1 aromatic carbocycles. The van der Waals surface area contributed by atoms with Crippen molar-refractivity contribution in [3.8, 4) is 10.8 Å². The van der Waals surface area contributed by atoms with Crippen molar-refractivity contribution in [2.45, 2.75) is 44.6 Å². The number of nitrogens with one attached hydrogen (secondary N) is 1. The molecule has 0 atom stereocenters. The first-order valence-electron chi connectivity index (χ1n) is 9.12. The van der Waals surface area contributed by atoms with E-state index in [0.29, 0.717) is 0 Å². The number of benzene rings is 1. The molecule has 6 heteroatoms. The van der Waals surface area contributed by atoms with E-state index in [0.717, 1.165) is 53.5 Å². The third kappa shape index (κ3) is 3.81. The van der Waals surface area contributed by atoms with Gasteiger partial charge < -0.3 is 9.73 Å². The Morgan fingerprint density at radius 2 is 1.96 bits per heavy atom. The minimum atomic E-state index is -0.401. The standard InChI is InChI=1S/C21H21FN2O2S/c1-14-4-9-18(26-14)20-23-17(13-27-20)12-19(25)24-21(10-2-3-11-21)15-5-7-16(22)8-6-15/h4-9,13H,2-3,10-12H2,1H3,(H,24,25).